The van der Waals surface area contributed by atoms with Crippen LogP contribution in [0.25, 0.3) is 0 Å². The third kappa shape index (κ3) is 5.08. The number of ketones is 1. The largest absolute Gasteiger partial charge is 0.495 e. The molecule has 0 saturated carbocycles. The van der Waals surface area contributed by atoms with Crippen LogP contribution in [-0.2, 0) is 19.8 Å². The second-order valence-corrected chi connectivity index (χ2v) is 6.54. The molecule has 7 nitrogen and oxygen atoms in total. The molecule has 2 heterocycles. The van der Waals surface area contributed by atoms with Crippen LogP contribution < -0.4 is 15.0 Å². The van der Waals surface area contributed by atoms with Crippen LogP contribution in [0.2, 0.25) is 0 Å². The fourth-order valence-electron chi connectivity index (χ4n) is 2.86. The van der Waals surface area contributed by atoms with Gasteiger partial charge in [-0.3, -0.25) is 14.6 Å². The quantitative estimate of drug-likeness (QED) is 0.591. The monoisotopic (exact) mass is 394 g/mol. The smallest absolute Gasteiger partial charge is 0.254 e. The molecule has 0 unspecified atom stereocenters. The van der Waals surface area contributed by atoms with Crippen molar-refractivity contribution in [3.63, 3.8) is 0 Å². The number of carbonyl (C=O) groups excluding carboxylic acids is 1. The number of ether oxygens (including phenoxy) is 2. The highest BCUT2D eigenvalue weighted by atomic mass is 16.5. The predicted octanol–water partition coefficient (Wildman–Crippen LogP) is 2.51. The first-order valence-electron chi connectivity index (χ1n) is 9.06. The summed E-state index contributed by atoms with van der Waals surface area (Å²) >= 11 is 0. The first kappa shape index (κ1) is 20.3. The Kier molecular flexibility index (Phi) is 6.41. The Morgan fingerprint density at radius 2 is 1.97 bits per heavy atom. The van der Waals surface area contributed by atoms with Gasteiger partial charge in [0.1, 0.15) is 18.1 Å². The van der Waals surface area contributed by atoms with Gasteiger partial charge >= 0.3 is 0 Å². The van der Waals surface area contributed by atoms with Gasteiger partial charge in [0.25, 0.3) is 5.56 Å². The Hall–Kier alpha value is -3.45. The zero-order valence-electron chi connectivity index (χ0n) is 16.3. The second kappa shape index (κ2) is 9.16. The summed E-state index contributed by atoms with van der Waals surface area (Å²) in [5.74, 6) is 0.882. The van der Waals surface area contributed by atoms with E-state index in [2.05, 4.69) is 4.98 Å². The van der Waals surface area contributed by atoms with Crippen LogP contribution in [0, 0.1) is 6.92 Å². The van der Waals surface area contributed by atoms with Crippen molar-refractivity contribution in [2.24, 2.45) is 0 Å². The predicted molar refractivity (Wildman–Crippen MR) is 107 cm³/mol. The maximum absolute atomic E-state index is 12.6. The number of methoxy groups -OCH3 is 1. The Morgan fingerprint density at radius 1 is 1.14 bits per heavy atom. The lowest BCUT2D eigenvalue weighted by molar-refractivity contribution is 0.0970. The number of hydrogen-bond acceptors (Lipinski definition) is 6. The van der Waals surface area contributed by atoms with Crippen LogP contribution in [0.5, 0.6) is 11.5 Å². The van der Waals surface area contributed by atoms with Gasteiger partial charge in [-0.2, -0.15) is 0 Å². The van der Waals surface area contributed by atoms with Crippen LogP contribution >= 0.6 is 0 Å². The molecule has 0 bridgehead atoms. The van der Waals surface area contributed by atoms with Crippen LogP contribution in [0.4, 0.5) is 0 Å². The zero-order valence-corrected chi connectivity index (χ0v) is 16.3. The third-order valence-electron chi connectivity index (χ3n) is 4.48. The molecule has 3 rings (SSSR count). The average Bonchev–Trinajstić information content (AvgIpc) is 2.74. The number of aliphatic hydroxyl groups excluding tert-OH is 1. The topological polar surface area (TPSA) is 90.6 Å². The van der Waals surface area contributed by atoms with E-state index in [1.54, 1.807) is 56.6 Å². The summed E-state index contributed by atoms with van der Waals surface area (Å²) in [6.07, 6.45) is 3.13. The van der Waals surface area contributed by atoms with Gasteiger partial charge < -0.3 is 19.1 Å². The van der Waals surface area contributed by atoms with Gasteiger partial charge in [-0.15, -0.1) is 0 Å². The molecule has 150 valence electrons. The normalized spacial score (nSPS) is 10.6. The Morgan fingerprint density at radius 3 is 2.59 bits per heavy atom. The number of Topliss-reactive ketones (excluding diaryl/α,β-unsaturated/α-hetero) is 1. The van der Waals surface area contributed by atoms with Crippen molar-refractivity contribution in [1.29, 1.82) is 0 Å². The van der Waals surface area contributed by atoms with E-state index in [0.29, 0.717) is 22.8 Å². The van der Waals surface area contributed by atoms with E-state index in [9.17, 15) is 14.7 Å². The van der Waals surface area contributed by atoms with E-state index in [1.165, 1.54) is 16.8 Å². The highest BCUT2D eigenvalue weighted by molar-refractivity contribution is 5.97. The summed E-state index contributed by atoms with van der Waals surface area (Å²) in [5.41, 5.74) is 2.40. The Balaban J connectivity index is 1.66. The zero-order chi connectivity index (χ0) is 20.8. The standard InChI is InChI=1S/C22H22N2O5/c1-15-9-16(13-25)3-6-20(15)21(26)12-24-8-7-18(10-22(24)27)29-14-17-4-5-19(28-2)11-23-17/h3-11,25H,12-14H2,1-2H3. The van der Waals surface area contributed by atoms with Crippen molar-refractivity contribution >= 4 is 5.78 Å². The van der Waals surface area contributed by atoms with Crippen LogP contribution in [0.15, 0.2) is 59.7 Å². The summed E-state index contributed by atoms with van der Waals surface area (Å²) in [6.45, 7) is 1.86. The van der Waals surface area contributed by atoms with Gasteiger partial charge in [0, 0.05) is 17.8 Å². The van der Waals surface area contributed by atoms with E-state index < -0.39 is 0 Å². The molecule has 2 aromatic heterocycles. The summed E-state index contributed by atoms with van der Waals surface area (Å²) < 4.78 is 12.0. The molecule has 1 N–H and O–H groups in total. The van der Waals surface area contributed by atoms with Crippen molar-refractivity contribution in [3.05, 3.63) is 87.6 Å². The van der Waals surface area contributed by atoms with Crippen LogP contribution in [-0.4, -0.2) is 27.6 Å². The molecule has 0 aliphatic carbocycles. The van der Waals surface area contributed by atoms with Crippen molar-refractivity contribution in [1.82, 2.24) is 9.55 Å². The molecule has 7 heteroatoms. The van der Waals surface area contributed by atoms with Crippen molar-refractivity contribution in [2.45, 2.75) is 26.7 Å². The Labute approximate surface area is 168 Å². The fourth-order valence-corrected chi connectivity index (χ4v) is 2.86. The molecule has 0 aliphatic rings. The molecule has 0 spiro atoms. The highest BCUT2D eigenvalue weighted by Gasteiger charge is 2.12. The minimum Gasteiger partial charge on any atom is -0.495 e. The molecule has 0 fully saturated rings. The van der Waals surface area contributed by atoms with Crippen molar-refractivity contribution in [3.8, 4) is 11.5 Å². The molecule has 29 heavy (non-hydrogen) atoms. The van der Waals surface area contributed by atoms with E-state index in [0.717, 1.165) is 11.1 Å². The van der Waals surface area contributed by atoms with Gasteiger partial charge in [-0.05, 0) is 36.2 Å². The van der Waals surface area contributed by atoms with E-state index in [-0.39, 0.29) is 31.1 Å². The van der Waals surface area contributed by atoms with Gasteiger partial charge in [0.2, 0.25) is 0 Å². The molecule has 0 radical (unpaired) electrons. The molecule has 0 atom stereocenters. The van der Waals surface area contributed by atoms with Crippen LogP contribution in [0.1, 0.15) is 27.2 Å². The molecule has 1 aromatic carbocycles. The van der Waals surface area contributed by atoms with Crippen molar-refractivity contribution < 1.29 is 19.4 Å². The number of pyridine rings is 2. The van der Waals surface area contributed by atoms with Crippen LogP contribution in [0.3, 0.4) is 0 Å². The van der Waals surface area contributed by atoms with Gasteiger partial charge in [-0.25, -0.2) is 0 Å². The lowest BCUT2D eigenvalue weighted by Crippen LogP contribution is -2.23. The molecule has 3 aromatic rings. The average molecular weight is 394 g/mol. The fraction of sp³-hybridized carbons (Fsp3) is 0.227. The number of nitrogens with zero attached hydrogens (tertiary/aromatic N) is 2. The maximum Gasteiger partial charge on any atom is 0.254 e. The van der Waals surface area contributed by atoms with E-state index in [1.807, 2.05) is 0 Å². The van der Waals surface area contributed by atoms with Gasteiger partial charge in [0.05, 0.1) is 32.2 Å². The molecule has 0 aliphatic heterocycles. The van der Waals surface area contributed by atoms with Gasteiger partial charge in [0.15, 0.2) is 5.78 Å². The molecular formula is C22H22N2O5. The lowest BCUT2D eigenvalue weighted by Gasteiger charge is -2.10. The second-order valence-electron chi connectivity index (χ2n) is 6.54. The number of aromatic nitrogens is 2. The summed E-state index contributed by atoms with van der Waals surface area (Å²) in [7, 11) is 1.57. The van der Waals surface area contributed by atoms with Crippen molar-refractivity contribution in [2.75, 3.05) is 7.11 Å². The SMILES string of the molecule is COc1ccc(COc2ccn(CC(=O)c3ccc(CO)cc3C)c(=O)c2)nc1. The molecule has 0 amide bonds. The lowest BCUT2D eigenvalue weighted by atomic mass is 10.0. The summed E-state index contributed by atoms with van der Waals surface area (Å²) in [4.78, 5) is 29.1. The highest BCUT2D eigenvalue weighted by Crippen LogP contribution is 2.14. The number of aryl methyl sites for hydroxylation is 1. The number of rotatable bonds is 8. The molecule has 0 saturated heterocycles. The summed E-state index contributed by atoms with van der Waals surface area (Å²) in [5, 5.41) is 9.18. The number of hydrogen-bond donors (Lipinski definition) is 1. The van der Waals surface area contributed by atoms with E-state index in [4.69, 9.17) is 9.47 Å². The minimum atomic E-state index is -0.330. The number of aliphatic hydroxyl groups is 1. The first-order chi connectivity index (χ1) is 14.0. The van der Waals surface area contributed by atoms with E-state index >= 15 is 0 Å². The third-order valence-corrected chi connectivity index (χ3v) is 4.48. The maximum atomic E-state index is 12.6. The number of carbonyl (C=O) groups is 1. The minimum absolute atomic E-state index is 0.0710. The Bertz CT molecular complexity index is 1060. The summed E-state index contributed by atoms with van der Waals surface area (Å²) in [6, 6.07) is 11.7. The molecular weight excluding hydrogens is 372 g/mol. The first-order valence-corrected chi connectivity index (χ1v) is 9.06. The van der Waals surface area contributed by atoms with Gasteiger partial charge in [-0.1, -0.05) is 18.2 Å². The number of benzene rings is 1.